The summed E-state index contributed by atoms with van der Waals surface area (Å²) in [5.74, 6) is -1.66. The molecule has 29 heavy (non-hydrogen) atoms. The number of ether oxygens (including phenoxy) is 1. The molecule has 0 saturated carbocycles. The number of hydrogen-bond donors (Lipinski definition) is 3. The number of benzene rings is 2. The first-order valence-corrected chi connectivity index (χ1v) is 9.99. The van der Waals surface area contributed by atoms with E-state index in [9.17, 15) is 22.8 Å². The van der Waals surface area contributed by atoms with E-state index in [0.29, 0.717) is 11.3 Å². The number of anilines is 2. The van der Waals surface area contributed by atoms with Crippen LogP contribution in [-0.2, 0) is 24.3 Å². The molecule has 0 radical (unpaired) electrons. The second kappa shape index (κ2) is 9.30. The summed E-state index contributed by atoms with van der Waals surface area (Å²) in [5.41, 5.74) is 1.36. The lowest BCUT2D eigenvalue weighted by Crippen LogP contribution is -2.22. The molecule has 0 bridgehead atoms. The van der Waals surface area contributed by atoms with Crippen molar-refractivity contribution >= 4 is 39.2 Å². The van der Waals surface area contributed by atoms with Gasteiger partial charge < -0.3 is 15.4 Å². The minimum Gasteiger partial charge on any atom is -0.452 e. The third-order valence-corrected chi connectivity index (χ3v) is 5.34. The van der Waals surface area contributed by atoms with Crippen molar-refractivity contribution < 1.29 is 27.5 Å². The molecule has 154 valence electrons. The summed E-state index contributed by atoms with van der Waals surface area (Å²) < 4.78 is 31.2. The molecule has 0 spiro atoms. The van der Waals surface area contributed by atoms with Gasteiger partial charge in [-0.05, 0) is 49.9 Å². The highest BCUT2D eigenvalue weighted by molar-refractivity contribution is 7.89. The van der Waals surface area contributed by atoms with Gasteiger partial charge in [-0.2, -0.15) is 0 Å². The normalized spacial score (nSPS) is 10.9. The van der Waals surface area contributed by atoms with Crippen molar-refractivity contribution in [3.05, 3.63) is 53.6 Å². The Hall–Kier alpha value is -3.24. The van der Waals surface area contributed by atoms with Crippen molar-refractivity contribution in [2.24, 2.45) is 0 Å². The lowest BCUT2D eigenvalue weighted by Gasteiger charge is -2.11. The summed E-state index contributed by atoms with van der Waals surface area (Å²) in [7, 11) is -2.39. The number of hydrogen-bond acceptors (Lipinski definition) is 6. The lowest BCUT2D eigenvalue weighted by molar-refractivity contribution is -0.119. The first-order valence-electron chi connectivity index (χ1n) is 8.51. The van der Waals surface area contributed by atoms with E-state index >= 15 is 0 Å². The summed E-state index contributed by atoms with van der Waals surface area (Å²) in [5, 5.41) is 5.03. The highest BCUT2D eigenvalue weighted by Gasteiger charge is 2.16. The van der Waals surface area contributed by atoms with Gasteiger partial charge in [-0.25, -0.2) is 17.9 Å². The summed E-state index contributed by atoms with van der Waals surface area (Å²) in [6, 6.07) is 10.5. The van der Waals surface area contributed by atoms with Crippen LogP contribution in [0.1, 0.15) is 22.8 Å². The summed E-state index contributed by atoms with van der Waals surface area (Å²) >= 11 is 0. The molecule has 0 saturated heterocycles. The van der Waals surface area contributed by atoms with Crippen LogP contribution in [0.2, 0.25) is 0 Å². The zero-order valence-corrected chi connectivity index (χ0v) is 16.9. The molecule has 0 aromatic heterocycles. The number of sulfonamides is 1. The maximum atomic E-state index is 12.1. The number of rotatable bonds is 7. The zero-order chi connectivity index (χ0) is 21.6. The van der Waals surface area contributed by atoms with Crippen LogP contribution in [0.4, 0.5) is 11.4 Å². The van der Waals surface area contributed by atoms with E-state index in [1.54, 1.807) is 31.2 Å². The zero-order valence-electron chi connectivity index (χ0n) is 16.1. The Labute approximate surface area is 168 Å². The maximum absolute atomic E-state index is 12.1. The Kier molecular flexibility index (Phi) is 7.08. The molecule has 10 heteroatoms. The molecule has 0 aliphatic heterocycles. The fourth-order valence-electron chi connectivity index (χ4n) is 2.42. The molecule has 2 aromatic carbocycles. The molecule has 2 aromatic rings. The van der Waals surface area contributed by atoms with Crippen LogP contribution in [-0.4, -0.2) is 39.9 Å². The fourth-order valence-corrected chi connectivity index (χ4v) is 3.41. The molecular weight excluding hydrogens is 398 g/mol. The molecule has 0 heterocycles. The predicted octanol–water partition coefficient (Wildman–Crippen LogP) is 1.66. The largest absolute Gasteiger partial charge is 0.452 e. The maximum Gasteiger partial charge on any atom is 0.338 e. The van der Waals surface area contributed by atoms with Gasteiger partial charge in [0.1, 0.15) is 0 Å². The standard InChI is InChI=1S/C19H21N3O6S/c1-12-7-8-16(10-17(12)29(26,27)20-3)22-18(24)11-28-19(25)14-5-4-6-15(9-14)21-13(2)23/h4-10,20H,11H2,1-3H3,(H,21,23)(H,22,24). The molecule has 0 unspecified atom stereocenters. The van der Waals surface area contributed by atoms with Crippen molar-refractivity contribution in [3.8, 4) is 0 Å². The van der Waals surface area contributed by atoms with Gasteiger partial charge in [0.05, 0.1) is 10.5 Å². The molecule has 0 fully saturated rings. The average Bonchev–Trinajstić information content (AvgIpc) is 2.67. The molecule has 0 aliphatic carbocycles. The minimum absolute atomic E-state index is 0.0320. The molecule has 0 atom stereocenters. The van der Waals surface area contributed by atoms with Crippen LogP contribution in [0.3, 0.4) is 0 Å². The Morgan fingerprint density at radius 2 is 1.69 bits per heavy atom. The van der Waals surface area contributed by atoms with Crippen molar-refractivity contribution in [1.82, 2.24) is 4.72 Å². The smallest absolute Gasteiger partial charge is 0.338 e. The van der Waals surface area contributed by atoms with Gasteiger partial charge in [0.25, 0.3) is 5.91 Å². The number of carbonyl (C=O) groups excluding carboxylic acids is 3. The summed E-state index contributed by atoms with van der Waals surface area (Å²) in [6.45, 7) is 2.41. The van der Waals surface area contributed by atoms with Crippen LogP contribution in [0.15, 0.2) is 47.4 Å². The highest BCUT2D eigenvalue weighted by Crippen LogP contribution is 2.20. The van der Waals surface area contributed by atoms with E-state index in [2.05, 4.69) is 15.4 Å². The van der Waals surface area contributed by atoms with Gasteiger partial charge in [0, 0.05) is 18.3 Å². The monoisotopic (exact) mass is 419 g/mol. The SMILES string of the molecule is CNS(=O)(=O)c1cc(NC(=O)COC(=O)c2cccc(NC(C)=O)c2)ccc1C. The van der Waals surface area contributed by atoms with Crippen LogP contribution in [0, 0.1) is 6.92 Å². The summed E-state index contributed by atoms with van der Waals surface area (Å²) in [4.78, 5) is 35.3. The Bertz CT molecular complexity index is 1050. The van der Waals surface area contributed by atoms with Crippen LogP contribution < -0.4 is 15.4 Å². The first-order chi connectivity index (χ1) is 13.6. The fraction of sp³-hybridized carbons (Fsp3) is 0.211. The number of carbonyl (C=O) groups is 3. The van der Waals surface area contributed by atoms with Crippen LogP contribution >= 0.6 is 0 Å². The second-order valence-corrected chi connectivity index (χ2v) is 7.93. The van der Waals surface area contributed by atoms with Gasteiger partial charge in [-0.3, -0.25) is 9.59 Å². The van der Waals surface area contributed by atoms with E-state index in [4.69, 9.17) is 4.74 Å². The van der Waals surface area contributed by atoms with Crippen molar-refractivity contribution in [2.75, 3.05) is 24.3 Å². The number of esters is 1. The number of nitrogens with one attached hydrogen (secondary N) is 3. The molecule has 2 amide bonds. The lowest BCUT2D eigenvalue weighted by atomic mass is 10.2. The van der Waals surface area contributed by atoms with E-state index in [-0.39, 0.29) is 22.1 Å². The Balaban J connectivity index is 2.01. The van der Waals surface area contributed by atoms with E-state index in [1.165, 1.54) is 32.2 Å². The third-order valence-electron chi connectivity index (χ3n) is 3.78. The first kappa shape index (κ1) is 22.1. The van der Waals surface area contributed by atoms with Gasteiger partial charge >= 0.3 is 5.97 Å². The van der Waals surface area contributed by atoms with E-state index in [1.807, 2.05) is 0 Å². The number of amides is 2. The number of aryl methyl sites for hydroxylation is 1. The van der Waals surface area contributed by atoms with Crippen molar-refractivity contribution in [1.29, 1.82) is 0 Å². The topological polar surface area (TPSA) is 131 Å². The van der Waals surface area contributed by atoms with E-state index < -0.39 is 28.5 Å². The third kappa shape index (κ3) is 6.13. The van der Waals surface area contributed by atoms with E-state index in [0.717, 1.165) is 0 Å². The Morgan fingerprint density at radius 3 is 2.34 bits per heavy atom. The molecule has 2 rings (SSSR count). The molecule has 9 nitrogen and oxygen atoms in total. The average molecular weight is 419 g/mol. The van der Waals surface area contributed by atoms with Gasteiger partial charge in [-0.1, -0.05) is 12.1 Å². The predicted molar refractivity (Wildman–Crippen MR) is 107 cm³/mol. The minimum atomic E-state index is -3.68. The second-order valence-electron chi connectivity index (χ2n) is 6.07. The highest BCUT2D eigenvalue weighted by atomic mass is 32.2. The quantitative estimate of drug-likeness (QED) is 0.585. The van der Waals surface area contributed by atoms with Gasteiger partial charge in [0.2, 0.25) is 15.9 Å². The van der Waals surface area contributed by atoms with Crippen molar-refractivity contribution in [2.45, 2.75) is 18.7 Å². The van der Waals surface area contributed by atoms with Crippen LogP contribution in [0.5, 0.6) is 0 Å². The van der Waals surface area contributed by atoms with Crippen molar-refractivity contribution in [3.63, 3.8) is 0 Å². The molecule has 0 aliphatic rings. The van der Waals surface area contributed by atoms with Gasteiger partial charge in [0.15, 0.2) is 6.61 Å². The summed E-state index contributed by atoms with van der Waals surface area (Å²) in [6.07, 6.45) is 0. The Morgan fingerprint density at radius 1 is 1.00 bits per heavy atom. The molecule has 3 N–H and O–H groups in total. The van der Waals surface area contributed by atoms with Crippen LogP contribution in [0.25, 0.3) is 0 Å². The molecular formula is C19H21N3O6S. The van der Waals surface area contributed by atoms with Gasteiger partial charge in [-0.15, -0.1) is 0 Å².